The molecule has 0 saturated carbocycles. The van der Waals surface area contributed by atoms with Crippen molar-refractivity contribution in [2.45, 2.75) is 44.4 Å². The lowest BCUT2D eigenvalue weighted by atomic mass is 9.96. The first kappa shape index (κ1) is 19.3. The minimum atomic E-state index is -4.25. The molecule has 9 nitrogen and oxygen atoms in total. The van der Waals surface area contributed by atoms with Gasteiger partial charge in [0.15, 0.2) is 5.82 Å². The van der Waals surface area contributed by atoms with Crippen molar-refractivity contribution >= 4 is 21.8 Å². The standard InChI is InChI=1S/C19H21FN4O5S/c20-18-15(3-4-16(25)19(18)24-10-17(26)22-30(24,27)28)12-7-21-23(9-12)8-11-5-13-1-2-14(6-11)29-13/h3-4,7,9,11,13-14,25H,1-2,5-6,8,10H2,(H,22,26). The Hall–Kier alpha value is -2.66. The van der Waals surface area contributed by atoms with Gasteiger partial charge in [0, 0.05) is 23.9 Å². The molecule has 2 aromatic rings. The molecule has 5 rings (SSSR count). The molecule has 2 atom stereocenters. The summed E-state index contributed by atoms with van der Waals surface area (Å²) in [6, 6.07) is 2.57. The number of aromatic hydroxyl groups is 1. The molecule has 1 aromatic carbocycles. The van der Waals surface area contributed by atoms with Gasteiger partial charge in [-0.15, -0.1) is 0 Å². The highest BCUT2D eigenvalue weighted by molar-refractivity contribution is 7.92. The van der Waals surface area contributed by atoms with Gasteiger partial charge in [-0.3, -0.25) is 9.48 Å². The number of fused-ring (bicyclic) bond motifs is 2. The van der Waals surface area contributed by atoms with Crippen LogP contribution >= 0.6 is 0 Å². The van der Waals surface area contributed by atoms with Crippen molar-refractivity contribution in [1.82, 2.24) is 14.5 Å². The van der Waals surface area contributed by atoms with Crippen LogP contribution in [0.3, 0.4) is 0 Å². The Kier molecular flexibility index (Phi) is 4.47. The maximum absolute atomic E-state index is 15.3. The Balaban J connectivity index is 1.42. The second-order valence-electron chi connectivity index (χ2n) is 8.08. The molecule has 3 saturated heterocycles. The highest BCUT2D eigenvalue weighted by atomic mass is 32.2. The number of aromatic nitrogens is 2. The lowest BCUT2D eigenvalue weighted by Crippen LogP contribution is -2.30. The Morgan fingerprint density at radius 1 is 1.27 bits per heavy atom. The average molecular weight is 436 g/mol. The van der Waals surface area contributed by atoms with E-state index < -0.39 is 39.9 Å². The number of nitrogens with one attached hydrogen (secondary N) is 1. The van der Waals surface area contributed by atoms with Gasteiger partial charge >= 0.3 is 10.2 Å². The summed E-state index contributed by atoms with van der Waals surface area (Å²) >= 11 is 0. The van der Waals surface area contributed by atoms with Gasteiger partial charge in [0.05, 0.1) is 18.4 Å². The Bertz CT molecular complexity index is 1110. The van der Waals surface area contributed by atoms with E-state index in [0.29, 0.717) is 34.5 Å². The third-order valence-corrected chi connectivity index (χ3v) is 7.32. The van der Waals surface area contributed by atoms with E-state index in [1.54, 1.807) is 15.6 Å². The molecule has 3 aliphatic heterocycles. The molecular formula is C19H21FN4O5S. The number of amides is 1. The lowest BCUT2D eigenvalue weighted by Gasteiger charge is -2.28. The van der Waals surface area contributed by atoms with Crippen molar-refractivity contribution in [1.29, 1.82) is 0 Å². The second-order valence-corrected chi connectivity index (χ2v) is 9.67. The molecule has 2 unspecified atom stereocenters. The molecule has 2 bridgehead atoms. The van der Waals surface area contributed by atoms with E-state index in [9.17, 15) is 18.3 Å². The predicted octanol–water partition coefficient (Wildman–Crippen LogP) is 1.53. The summed E-state index contributed by atoms with van der Waals surface area (Å²) < 4.78 is 49.4. The molecule has 11 heteroatoms. The summed E-state index contributed by atoms with van der Waals surface area (Å²) in [5.41, 5.74) is -0.00471. The average Bonchev–Trinajstić information content (AvgIpc) is 3.33. The third-order valence-electron chi connectivity index (χ3n) is 5.94. The Morgan fingerprint density at radius 2 is 2.00 bits per heavy atom. The second kappa shape index (κ2) is 6.95. The van der Waals surface area contributed by atoms with Crippen LogP contribution < -0.4 is 9.03 Å². The van der Waals surface area contributed by atoms with Gasteiger partial charge in [0.1, 0.15) is 18.0 Å². The fourth-order valence-corrected chi connectivity index (χ4v) is 5.81. The quantitative estimate of drug-likeness (QED) is 0.752. The van der Waals surface area contributed by atoms with Crippen LogP contribution in [0.25, 0.3) is 11.1 Å². The first-order valence-corrected chi connectivity index (χ1v) is 11.3. The van der Waals surface area contributed by atoms with Gasteiger partial charge in [-0.25, -0.2) is 13.4 Å². The largest absolute Gasteiger partial charge is 0.506 e. The van der Waals surface area contributed by atoms with Crippen molar-refractivity contribution in [3.8, 4) is 16.9 Å². The highest BCUT2D eigenvalue weighted by Crippen LogP contribution is 2.39. The van der Waals surface area contributed by atoms with Crippen LogP contribution in [0, 0.1) is 11.7 Å². The van der Waals surface area contributed by atoms with E-state index >= 15 is 4.39 Å². The van der Waals surface area contributed by atoms with Crippen molar-refractivity contribution in [3.63, 3.8) is 0 Å². The number of hydrogen-bond acceptors (Lipinski definition) is 6. The summed E-state index contributed by atoms with van der Waals surface area (Å²) in [5, 5.41) is 14.4. The summed E-state index contributed by atoms with van der Waals surface area (Å²) in [6.07, 6.45) is 8.02. The number of halogens is 1. The van der Waals surface area contributed by atoms with E-state index in [4.69, 9.17) is 4.74 Å². The molecule has 0 aliphatic carbocycles. The van der Waals surface area contributed by atoms with E-state index in [1.807, 2.05) is 0 Å². The van der Waals surface area contributed by atoms with Crippen molar-refractivity contribution in [2.24, 2.45) is 5.92 Å². The summed E-state index contributed by atoms with van der Waals surface area (Å²) in [4.78, 5) is 11.5. The SMILES string of the molecule is O=C1CN(c2c(O)ccc(-c3cnn(CC4CC5CCC(C4)O5)c3)c2F)S(=O)(=O)N1. The number of anilines is 1. The number of rotatable bonds is 4. The zero-order valence-electron chi connectivity index (χ0n) is 16.0. The van der Waals surface area contributed by atoms with Crippen LogP contribution in [-0.4, -0.2) is 48.0 Å². The smallest absolute Gasteiger partial charge is 0.326 e. The molecule has 1 amide bonds. The first-order valence-electron chi connectivity index (χ1n) is 9.83. The van der Waals surface area contributed by atoms with E-state index in [0.717, 1.165) is 25.7 Å². The number of benzene rings is 1. The molecule has 3 aliphatic rings. The van der Waals surface area contributed by atoms with E-state index in [1.165, 1.54) is 18.3 Å². The van der Waals surface area contributed by atoms with Crippen molar-refractivity contribution < 1.29 is 27.4 Å². The minimum Gasteiger partial charge on any atom is -0.506 e. The maximum Gasteiger partial charge on any atom is 0.326 e. The zero-order chi connectivity index (χ0) is 21.0. The Labute approximate surface area is 172 Å². The number of ether oxygens (including phenoxy) is 1. The van der Waals surface area contributed by atoms with Crippen LogP contribution in [0.1, 0.15) is 25.7 Å². The van der Waals surface area contributed by atoms with Gasteiger partial charge in [-0.1, -0.05) is 0 Å². The molecule has 4 heterocycles. The van der Waals surface area contributed by atoms with Crippen LogP contribution in [0.5, 0.6) is 5.75 Å². The fourth-order valence-electron chi connectivity index (χ4n) is 4.64. The number of phenolic OH excluding ortho intramolecular Hbond substituents is 1. The predicted molar refractivity (Wildman–Crippen MR) is 104 cm³/mol. The van der Waals surface area contributed by atoms with Gasteiger partial charge < -0.3 is 9.84 Å². The monoisotopic (exact) mass is 436 g/mol. The van der Waals surface area contributed by atoms with Crippen LogP contribution in [0.4, 0.5) is 10.1 Å². The molecule has 0 spiro atoms. The van der Waals surface area contributed by atoms with Crippen LogP contribution in [0.2, 0.25) is 0 Å². The maximum atomic E-state index is 15.3. The van der Waals surface area contributed by atoms with Gasteiger partial charge in [-0.05, 0) is 43.7 Å². The lowest BCUT2D eigenvalue weighted by molar-refractivity contribution is -0.117. The molecule has 3 fully saturated rings. The number of nitrogens with zero attached hydrogens (tertiary/aromatic N) is 3. The summed E-state index contributed by atoms with van der Waals surface area (Å²) in [5.74, 6) is -1.85. The van der Waals surface area contributed by atoms with Gasteiger partial charge in [0.25, 0.3) is 5.91 Å². The fraction of sp³-hybridized carbons (Fsp3) is 0.474. The van der Waals surface area contributed by atoms with Crippen LogP contribution in [-0.2, 0) is 26.3 Å². The van der Waals surface area contributed by atoms with Crippen molar-refractivity contribution in [2.75, 3.05) is 10.8 Å². The molecule has 1 aromatic heterocycles. The number of phenols is 1. The molecule has 160 valence electrons. The molecule has 0 radical (unpaired) electrons. The number of carbonyl (C=O) groups is 1. The molecule has 2 N–H and O–H groups in total. The first-order chi connectivity index (χ1) is 14.3. The van der Waals surface area contributed by atoms with Crippen molar-refractivity contribution in [3.05, 3.63) is 30.3 Å². The number of hydrogen-bond donors (Lipinski definition) is 2. The normalized spacial score (nSPS) is 27.4. The Morgan fingerprint density at radius 3 is 2.67 bits per heavy atom. The summed E-state index contributed by atoms with van der Waals surface area (Å²) in [6.45, 7) is 0.101. The molecule has 30 heavy (non-hydrogen) atoms. The van der Waals surface area contributed by atoms with Crippen LogP contribution in [0.15, 0.2) is 24.5 Å². The summed E-state index contributed by atoms with van der Waals surface area (Å²) in [7, 11) is -4.25. The topological polar surface area (TPSA) is 114 Å². The molecular weight excluding hydrogens is 415 g/mol. The minimum absolute atomic E-state index is 0.0932. The number of carbonyl (C=O) groups excluding carboxylic acids is 1. The van der Waals surface area contributed by atoms with Gasteiger partial charge in [0.2, 0.25) is 0 Å². The van der Waals surface area contributed by atoms with Gasteiger partial charge in [-0.2, -0.15) is 13.5 Å². The van der Waals surface area contributed by atoms with E-state index in [2.05, 4.69) is 5.10 Å². The third kappa shape index (κ3) is 3.31. The van der Waals surface area contributed by atoms with E-state index in [-0.39, 0.29) is 5.56 Å². The zero-order valence-corrected chi connectivity index (χ0v) is 16.8. The highest BCUT2D eigenvalue weighted by Gasteiger charge is 2.38.